The van der Waals surface area contributed by atoms with Crippen molar-refractivity contribution >= 4 is 0 Å². The van der Waals surface area contributed by atoms with Gasteiger partial charge in [-0.25, -0.2) is 4.39 Å². The third-order valence-corrected chi connectivity index (χ3v) is 3.34. The predicted octanol–water partition coefficient (Wildman–Crippen LogP) is 2.12. The van der Waals surface area contributed by atoms with E-state index in [1.54, 1.807) is 12.1 Å². The summed E-state index contributed by atoms with van der Waals surface area (Å²) in [5, 5.41) is 3.35. The molecule has 0 aromatic heterocycles. The number of ether oxygens (including phenoxy) is 3. The fraction of sp³-hybridized carbons (Fsp3) is 0.600. The van der Waals surface area contributed by atoms with Crippen LogP contribution in [-0.4, -0.2) is 39.1 Å². The van der Waals surface area contributed by atoms with Gasteiger partial charge in [0.2, 0.25) is 0 Å². The van der Waals surface area contributed by atoms with Crippen molar-refractivity contribution < 1.29 is 18.6 Å². The molecule has 1 aliphatic rings. The number of nitrogens with one attached hydrogen (secondary N) is 1. The van der Waals surface area contributed by atoms with E-state index in [2.05, 4.69) is 12.2 Å². The smallest absolute Gasteiger partial charge is 0.165 e. The van der Waals surface area contributed by atoms with Crippen LogP contribution in [0.4, 0.5) is 4.39 Å². The molecular weight excluding hydrogens is 261 g/mol. The normalized spacial score (nSPS) is 20.1. The molecule has 0 unspecified atom stereocenters. The van der Waals surface area contributed by atoms with Crippen LogP contribution >= 0.6 is 0 Å². The largest absolute Gasteiger partial charge is 0.494 e. The molecule has 0 amide bonds. The molecule has 4 nitrogen and oxygen atoms in total. The van der Waals surface area contributed by atoms with Gasteiger partial charge in [-0.1, -0.05) is 6.07 Å². The van der Waals surface area contributed by atoms with Crippen molar-refractivity contribution in [3.63, 3.8) is 0 Å². The average Bonchev–Trinajstić information content (AvgIpc) is 2.97. The SMILES string of the molecule is COc1cc(CN[C@H](C)CO[C@@H]2CCOC2)ccc1F. The van der Waals surface area contributed by atoms with Crippen molar-refractivity contribution in [1.29, 1.82) is 0 Å². The van der Waals surface area contributed by atoms with Crippen molar-refractivity contribution in [1.82, 2.24) is 5.32 Å². The zero-order valence-corrected chi connectivity index (χ0v) is 12.0. The molecule has 1 aliphatic heterocycles. The summed E-state index contributed by atoms with van der Waals surface area (Å²) in [4.78, 5) is 0. The number of methoxy groups -OCH3 is 1. The molecule has 2 rings (SSSR count). The van der Waals surface area contributed by atoms with Gasteiger partial charge in [0.05, 0.1) is 26.4 Å². The lowest BCUT2D eigenvalue weighted by atomic mass is 10.2. The molecule has 0 bridgehead atoms. The molecule has 1 aromatic carbocycles. The molecule has 5 heteroatoms. The lowest BCUT2D eigenvalue weighted by molar-refractivity contribution is 0.0322. The molecule has 0 spiro atoms. The molecule has 1 N–H and O–H groups in total. The highest BCUT2D eigenvalue weighted by Crippen LogP contribution is 2.18. The summed E-state index contributed by atoms with van der Waals surface area (Å²) >= 11 is 0. The fourth-order valence-corrected chi connectivity index (χ4v) is 2.09. The first kappa shape index (κ1) is 15.2. The minimum atomic E-state index is -0.339. The molecule has 1 heterocycles. The van der Waals surface area contributed by atoms with Crippen molar-refractivity contribution in [3.8, 4) is 5.75 Å². The van der Waals surface area contributed by atoms with E-state index in [-0.39, 0.29) is 23.7 Å². The quantitative estimate of drug-likeness (QED) is 0.832. The van der Waals surface area contributed by atoms with Gasteiger partial charge in [0.15, 0.2) is 11.6 Å². The third kappa shape index (κ3) is 4.44. The summed E-state index contributed by atoms with van der Waals surface area (Å²) in [5.74, 6) is -0.0647. The Labute approximate surface area is 119 Å². The number of halogens is 1. The van der Waals surface area contributed by atoms with Gasteiger partial charge in [0.1, 0.15) is 0 Å². The van der Waals surface area contributed by atoms with Crippen LogP contribution in [0.15, 0.2) is 18.2 Å². The Bertz CT molecular complexity index is 422. The molecule has 112 valence electrons. The number of hydrogen-bond acceptors (Lipinski definition) is 4. The number of rotatable bonds is 7. The van der Waals surface area contributed by atoms with Crippen molar-refractivity contribution in [2.45, 2.75) is 32.0 Å². The first-order valence-corrected chi connectivity index (χ1v) is 6.94. The molecule has 0 radical (unpaired) electrons. The van der Waals surface area contributed by atoms with Gasteiger partial charge >= 0.3 is 0 Å². The first-order valence-electron chi connectivity index (χ1n) is 6.94. The van der Waals surface area contributed by atoms with Crippen LogP contribution in [0.1, 0.15) is 18.9 Å². The topological polar surface area (TPSA) is 39.7 Å². The molecule has 20 heavy (non-hydrogen) atoms. The Morgan fingerprint density at radius 3 is 3.05 bits per heavy atom. The van der Waals surface area contributed by atoms with Crippen molar-refractivity contribution in [2.75, 3.05) is 26.9 Å². The highest BCUT2D eigenvalue weighted by molar-refractivity contribution is 5.30. The maximum atomic E-state index is 13.3. The molecule has 1 aromatic rings. The lowest BCUT2D eigenvalue weighted by Crippen LogP contribution is -2.32. The van der Waals surface area contributed by atoms with E-state index in [0.717, 1.165) is 18.6 Å². The van der Waals surface area contributed by atoms with Crippen LogP contribution in [0.2, 0.25) is 0 Å². The highest BCUT2D eigenvalue weighted by Gasteiger charge is 2.16. The van der Waals surface area contributed by atoms with Crippen LogP contribution in [-0.2, 0) is 16.0 Å². The van der Waals surface area contributed by atoms with Gasteiger partial charge in [0, 0.05) is 19.2 Å². The summed E-state index contributed by atoms with van der Waals surface area (Å²) in [5.41, 5.74) is 0.985. The van der Waals surface area contributed by atoms with E-state index < -0.39 is 0 Å². The van der Waals surface area contributed by atoms with Crippen molar-refractivity contribution in [2.24, 2.45) is 0 Å². The van der Waals surface area contributed by atoms with Gasteiger partial charge in [-0.05, 0) is 31.0 Å². The van der Waals surface area contributed by atoms with Crippen LogP contribution in [0.25, 0.3) is 0 Å². The Balaban J connectivity index is 1.73. The fourth-order valence-electron chi connectivity index (χ4n) is 2.09. The highest BCUT2D eigenvalue weighted by atomic mass is 19.1. The van der Waals surface area contributed by atoms with Crippen molar-refractivity contribution in [3.05, 3.63) is 29.6 Å². The maximum absolute atomic E-state index is 13.3. The zero-order chi connectivity index (χ0) is 14.4. The molecule has 1 saturated heterocycles. The summed E-state index contributed by atoms with van der Waals surface area (Å²) in [6.07, 6.45) is 1.20. The van der Waals surface area contributed by atoms with E-state index in [1.165, 1.54) is 13.2 Å². The number of benzene rings is 1. The van der Waals surface area contributed by atoms with E-state index in [1.807, 2.05) is 0 Å². The van der Waals surface area contributed by atoms with Crippen LogP contribution in [0.5, 0.6) is 5.75 Å². The molecule has 0 saturated carbocycles. The Hall–Kier alpha value is -1.17. The van der Waals surface area contributed by atoms with Gasteiger partial charge in [-0.2, -0.15) is 0 Å². The zero-order valence-electron chi connectivity index (χ0n) is 12.0. The first-order chi connectivity index (χ1) is 9.69. The maximum Gasteiger partial charge on any atom is 0.165 e. The molecule has 1 fully saturated rings. The summed E-state index contributed by atoms with van der Waals surface area (Å²) in [7, 11) is 1.47. The Morgan fingerprint density at radius 1 is 1.50 bits per heavy atom. The van der Waals surface area contributed by atoms with Gasteiger partial charge in [0.25, 0.3) is 0 Å². The van der Waals surface area contributed by atoms with E-state index >= 15 is 0 Å². The third-order valence-electron chi connectivity index (χ3n) is 3.34. The lowest BCUT2D eigenvalue weighted by Gasteiger charge is -2.17. The molecular formula is C15H22FNO3. The van der Waals surface area contributed by atoms with E-state index in [9.17, 15) is 4.39 Å². The van der Waals surface area contributed by atoms with Crippen LogP contribution in [0, 0.1) is 5.82 Å². The monoisotopic (exact) mass is 283 g/mol. The molecule has 2 atom stereocenters. The van der Waals surface area contributed by atoms with E-state index in [0.29, 0.717) is 19.8 Å². The summed E-state index contributed by atoms with van der Waals surface area (Å²) in [6, 6.07) is 5.11. The van der Waals surface area contributed by atoms with Crippen LogP contribution < -0.4 is 10.1 Å². The van der Waals surface area contributed by atoms with Crippen LogP contribution in [0.3, 0.4) is 0 Å². The van der Waals surface area contributed by atoms with E-state index in [4.69, 9.17) is 14.2 Å². The standard InChI is InChI=1S/C15H22FNO3/c1-11(9-20-13-5-6-19-10-13)17-8-12-3-4-14(16)15(7-12)18-2/h3-4,7,11,13,17H,5-6,8-10H2,1-2H3/t11-,13-/m1/s1. The Morgan fingerprint density at radius 2 is 2.35 bits per heavy atom. The second kappa shape index (κ2) is 7.57. The predicted molar refractivity (Wildman–Crippen MR) is 74.4 cm³/mol. The van der Waals surface area contributed by atoms with Gasteiger partial charge < -0.3 is 19.5 Å². The van der Waals surface area contributed by atoms with Gasteiger partial charge in [-0.3, -0.25) is 0 Å². The second-order valence-corrected chi connectivity index (χ2v) is 5.07. The van der Waals surface area contributed by atoms with Gasteiger partial charge in [-0.15, -0.1) is 0 Å². The molecule has 0 aliphatic carbocycles. The average molecular weight is 283 g/mol. The Kier molecular flexibility index (Phi) is 5.76. The second-order valence-electron chi connectivity index (χ2n) is 5.07. The minimum absolute atomic E-state index is 0.227. The number of hydrogen-bond donors (Lipinski definition) is 1. The minimum Gasteiger partial charge on any atom is -0.494 e. The summed E-state index contributed by atoms with van der Waals surface area (Å²) < 4.78 is 29.3. The summed E-state index contributed by atoms with van der Waals surface area (Å²) in [6.45, 7) is 4.86.